The molecule has 6 nitrogen and oxygen atoms in total. The number of pyridine rings is 2. The van der Waals surface area contributed by atoms with Crippen molar-refractivity contribution in [3.8, 4) is 11.5 Å². The van der Waals surface area contributed by atoms with Crippen molar-refractivity contribution in [1.82, 2.24) is 9.97 Å². The Hall–Kier alpha value is -2.31. The third kappa shape index (κ3) is 4.56. The van der Waals surface area contributed by atoms with Crippen LogP contribution < -0.4 is 9.47 Å². The van der Waals surface area contributed by atoms with Crippen LogP contribution >= 0.6 is 23.2 Å². The van der Waals surface area contributed by atoms with Crippen LogP contribution in [-0.4, -0.2) is 36.3 Å². The number of aromatic nitrogens is 2. The van der Waals surface area contributed by atoms with Crippen LogP contribution in [0.3, 0.4) is 0 Å². The summed E-state index contributed by atoms with van der Waals surface area (Å²) in [6, 6.07) is 1.67. The number of ether oxygens (including phenoxy) is 3. The Morgan fingerprint density at radius 2 is 1.79 bits per heavy atom. The van der Waals surface area contributed by atoms with Crippen LogP contribution in [0.1, 0.15) is 36.9 Å². The zero-order valence-electron chi connectivity index (χ0n) is 15.6. The van der Waals surface area contributed by atoms with E-state index in [0.29, 0.717) is 32.8 Å². The highest BCUT2D eigenvalue weighted by atomic mass is 35.5. The molecule has 0 aromatic carbocycles. The maximum Gasteiger partial charge on any atom is 0.340 e. The highest BCUT2D eigenvalue weighted by Crippen LogP contribution is 2.34. The minimum Gasteiger partial charge on any atom is -0.491 e. The number of halogens is 2. The SMILES string of the molecule is COC(=O)/C(=C/c1c(Cl)cncc1Cl)c1cc(OC2CCCC2)c(OC)cn1. The smallest absolute Gasteiger partial charge is 0.340 e. The lowest BCUT2D eigenvalue weighted by Gasteiger charge is -2.17. The molecular formula is C20H20Cl2N2O4. The minimum absolute atomic E-state index is 0.124. The molecule has 1 aliphatic rings. The molecule has 0 atom stereocenters. The van der Waals surface area contributed by atoms with Gasteiger partial charge in [0.05, 0.1) is 47.8 Å². The van der Waals surface area contributed by atoms with Crippen LogP contribution in [0.15, 0.2) is 24.7 Å². The van der Waals surface area contributed by atoms with Gasteiger partial charge in [0.15, 0.2) is 11.5 Å². The molecule has 2 aromatic rings. The van der Waals surface area contributed by atoms with E-state index in [2.05, 4.69) is 9.97 Å². The summed E-state index contributed by atoms with van der Waals surface area (Å²) in [6.45, 7) is 0. The lowest BCUT2D eigenvalue weighted by atomic mass is 10.1. The third-order valence-electron chi connectivity index (χ3n) is 4.51. The minimum atomic E-state index is -0.576. The van der Waals surface area contributed by atoms with Crippen molar-refractivity contribution in [1.29, 1.82) is 0 Å². The zero-order valence-corrected chi connectivity index (χ0v) is 17.1. The Morgan fingerprint density at radius 3 is 2.39 bits per heavy atom. The van der Waals surface area contributed by atoms with E-state index in [1.807, 2.05) is 0 Å². The van der Waals surface area contributed by atoms with E-state index < -0.39 is 5.97 Å². The summed E-state index contributed by atoms with van der Waals surface area (Å²) in [5.74, 6) is 0.453. The third-order valence-corrected chi connectivity index (χ3v) is 5.11. The van der Waals surface area contributed by atoms with E-state index in [-0.39, 0.29) is 11.7 Å². The molecule has 0 spiro atoms. The lowest BCUT2D eigenvalue weighted by molar-refractivity contribution is -0.133. The van der Waals surface area contributed by atoms with Crippen molar-refractivity contribution < 1.29 is 19.0 Å². The second-order valence-electron chi connectivity index (χ2n) is 6.31. The molecule has 0 amide bonds. The summed E-state index contributed by atoms with van der Waals surface area (Å²) in [5, 5.41) is 0.620. The molecule has 2 heterocycles. The Morgan fingerprint density at radius 1 is 1.11 bits per heavy atom. The van der Waals surface area contributed by atoms with E-state index in [9.17, 15) is 4.79 Å². The van der Waals surface area contributed by atoms with Crippen molar-refractivity contribution in [3.05, 3.63) is 46.0 Å². The quantitative estimate of drug-likeness (QED) is 0.490. The summed E-state index contributed by atoms with van der Waals surface area (Å²) in [4.78, 5) is 20.7. The van der Waals surface area contributed by atoms with Gasteiger partial charge in [-0.3, -0.25) is 9.97 Å². The maximum atomic E-state index is 12.4. The van der Waals surface area contributed by atoms with Gasteiger partial charge < -0.3 is 14.2 Å². The second-order valence-corrected chi connectivity index (χ2v) is 7.13. The summed E-state index contributed by atoms with van der Waals surface area (Å²) < 4.78 is 16.4. The highest BCUT2D eigenvalue weighted by molar-refractivity contribution is 6.38. The van der Waals surface area contributed by atoms with Gasteiger partial charge in [-0.25, -0.2) is 4.79 Å². The summed E-state index contributed by atoms with van der Waals surface area (Å²) in [5.41, 5.74) is 1.01. The number of hydrogen-bond acceptors (Lipinski definition) is 6. The fourth-order valence-electron chi connectivity index (χ4n) is 3.05. The van der Waals surface area contributed by atoms with Crippen LogP contribution in [0.2, 0.25) is 10.0 Å². The molecule has 1 fully saturated rings. The first kappa shape index (κ1) is 20.4. The molecule has 1 saturated carbocycles. The molecular weight excluding hydrogens is 403 g/mol. The first-order chi connectivity index (χ1) is 13.5. The highest BCUT2D eigenvalue weighted by Gasteiger charge is 2.22. The van der Waals surface area contributed by atoms with Crippen molar-refractivity contribution in [3.63, 3.8) is 0 Å². The van der Waals surface area contributed by atoms with Crippen molar-refractivity contribution in [2.75, 3.05) is 14.2 Å². The van der Waals surface area contributed by atoms with Gasteiger partial charge >= 0.3 is 5.97 Å². The zero-order chi connectivity index (χ0) is 20.1. The first-order valence-electron chi connectivity index (χ1n) is 8.83. The Balaban J connectivity index is 2.05. The molecule has 0 N–H and O–H groups in total. The lowest BCUT2D eigenvalue weighted by Crippen LogP contribution is -2.13. The van der Waals surface area contributed by atoms with Crippen molar-refractivity contribution in [2.24, 2.45) is 0 Å². The molecule has 28 heavy (non-hydrogen) atoms. The molecule has 0 bridgehead atoms. The van der Waals surface area contributed by atoms with Gasteiger partial charge in [-0.1, -0.05) is 23.2 Å². The number of hydrogen-bond donors (Lipinski definition) is 0. The van der Waals surface area contributed by atoms with Crippen molar-refractivity contribution >= 4 is 40.8 Å². The van der Waals surface area contributed by atoms with Gasteiger partial charge in [-0.2, -0.15) is 0 Å². The molecule has 0 radical (unpaired) electrons. The molecule has 0 saturated heterocycles. The monoisotopic (exact) mass is 422 g/mol. The summed E-state index contributed by atoms with van der Waals surface area (Å²) >= 11 is 12.4. The van der Waals surface area contributed by atoms with Gasteiger partial charge in [0.2, 0.25) is 0 Å². The molecule has 8 heteroatoms. The average Bonchev–Trinajstić information content (AvgIpc) is 3.20. The Labute approximate surface area is 173 Å². The number of rotatable bonds is 6. The van der Waals surface area contributed by atoms with E-state index >= 15 is 0 Å². The van der Waals surface area contributed by atoms with E-state index in [1.165, 1.54) is 31.8 Å². The predicted molar refractivity (Wildman–Crippen MR) is 108 cm³/mol. The van der Waals surface area contributed by atoms with Gasteiger partial charge in [-0.05, 0) is 31.8 Å². The summed E-state index contributed by atoms with van der Waals surface area (Å²) in [7, 11) is 2.84. The van der Waals surface area contributed by atoms with E-state index in [0.717, 1.165) is 25.7 Å². The molecule has 0 aliphatic heterocycles. The Bertz CT molecular complexity index is 876. The summed E-state index contributed by atoms with van der Waals surface area (Å²) in [6.07, 6.45) is 10.3. The normalized spacial score (nSPS) is 14.8. The molecule has 1 aliphatic carbocycles. The fraction of sp³-hybridized carbons (Fsp3) is 0.350. The van der Waals surface area contributed by atoms with Crippen LogP contribution in [0.4, 0.5) is 0 Å². The maximum absolute atomic E-state index is 12.4. The number of carbonyl (C=O) groups is 1. The van der Waals surface area contributed by atoms with Gasteiger partial charge in [0.1, 0.15) is 0 Å². The predicted octanol–water partition coefficient (Wildman–Crippen LogP) is 4.83. The number of methoxy groups -OCH3 is 2. The van der Waals surface area contributed by atoms with Gasteiger partial charge in [0, 0.05) is 24.0 Å². The topological polar surface area (TPSA) is 70.5 Å². The number of carbonyl (C=O) groups excluding carboxylic acids is 1. The largest absolute Gasteiger partial charge is 0.491 e. The van der Waals surface area contributed by atoms with Crippen molar-refractivity contribution in [2.45, 2.75) is 31.8 Å². The van der Waals surface area contributed by atoms with Crippen LogP contribution in [0, 0.1) is 0 Å². The average molecular weight is 423 g/mol. The van der Waals surface area contributed by atoms with E-state index in [4.69, 9.17) is 37.4 Å². The van der Waals surface area contributed by atoms with E-state index in [1.54, 1.807) is 13.2 Å². The van der Waals surface area contributed by atoms with Crippen LogP contribution in [-0.2, 0) is 9.53 Å². The second kappa shape index (κ2) is 9.26. The number of esters is 1. The fourth-order valence-corrected chi connectivity index (χ4v) is 3.53. The van der Waals surface area contributed by atoms with Gasteiger partial charge in [0.25, 0.3) is 0 Å². The Kier molecular flexibility index (Phi) is 6.75. The molecule has 2 aromatic heterocycles. The van der Waals surface area contributed by atoms with Crippen LogP contribution in [0.5, 0.6) is 11.5 Å². The molecule has 148 valence electrons. The molecule has 0 unspecified atom stereocenters. The molecule has 3 rings (SSSR count). The number of nitrogens with zero attached hydrogens (tertiary/aromatic N) is 2. The van der Waals surface area contributed by atoms with Gasteiger partial charge in [-0.15, -0.1) is 0 Å². The standard InChI is InChI=1S/C20H20Cl2N2O4/c1-26-19-11-24-17(8-18(19)28-12-5-3-4-6-12)14(20(25)27-2)7-13-15(21)9-23-10-16(13)22/h7-12H,3-6H2,1-2H3/b14-7+. The first-order valence-corrected chi connectivity index (χ1v) is 9.59. The van der Waals surface area contributed by atoms with Crippen LogP contribution in [0.25, 0.3) is 11.6 Å².